The molecule has 25 heavy (non-hydrogen) atoms. The molecule has 1 aromatic carbocycles. The molecule has 0 aromatic heterocycles. The predicted molar refractivity (Wildman–Crippen MR) is 87.1 cm³/mol. The predicted octanol–water partition coefficient (Wildman–Crippen LogP) is 0.0114. The fourth-order valence-corrected chi connectivity index (χ4v) is 4.14. The van der Waals surface area contributed by atoms with Crippen LogP contribution in [0.25, 0.3) is 0 Å². The molecule has 1 amide bonds. The fraction of sp³-hybridized carbons (Fsp3) is 0.467. The second kappa shape index (κ2) is 7.70. The van der Waals surface area contributed by atoms with E-state index in [-0.39, 0.29) is 36.8 Å². The van der Waals surface area contributed by atoms with Gasteiger partial charge in [-0.15, -0.1) is 0 Å². The molecule has 1 aliphatic rings. The first kappa shape index (κ1) is 19.0. The Morgan fingerprint density at radius 1 is 1.12 bits per heavy atom. The largest absolute Gasteiger partial charge is 0.497 e. The van der Waals surface area contributed by atoms with Crippen LogP contribution in [0.1, 0.15) is 6.42 Å². The lowest BCUT2D eigenvalue weighted by Crippen LogP contribution is -2.50. The molecule has 1 fully saturated rings. The number of carboxylic acid groups (broad SMARTS) is 1. The third-order valence-corrected chi connectivity index (χ3v) is 5.80. The van der Waals surface area contributed by atoms with Crippen LogP contribution in [0.5, 0.6) is 11.5 Å². The molecule has 1 aliphatic heterocycles. The maximum Gasteiger partial charge on any atom is 0.312 e. The summed E-state index contributed by atoms with van der Waals surface area (Å²) in [5.74, 6) is -1.15. The van der Waals surface area contributed by atoms with Crippen molar-refractivity contribution in [2.24, 2.45) is 0 Å². The van der Waals surface area contributed by atoms with Crippen molar-refractivity contribution in [2.45, 2.75) is 11.3 Å². The molecule has 0 spiro atoms. The van der Waals surface area contributed by atoms with Gasteiger partial charge < -0.3 is 19.5 Å². The zero-order valence-electron chi connectivity index (χ0n) is 14.0. The van der Waals surface area contributed by atoms with Crippen LogP contribution in [0.2, 0.25) is 0 Å². The summed E-state index contributed by atoms with van der Waals surface area (Å²) < 4.78 is 37.2. The van der Waals surface area contributed by atoms with Crippen LogP contribution < -0.4 is 9.47 Å². The van der Waals surface area contributed by atoms with Crippen LogP contribution in [0.15, 0.2) is 23.1 Å². The van der Waals surface area contributed by atoms with Crippen molar-refractivity contribution in [3.63, 3.8) is 0 Å². The first-order valence-corrected chi connectivity index (χ1v) is 8.95. The second-order valence-electron chi connectivity index (χ2n) is 5.37. The van der Waals surface area contributed by atoms with Gasteiger partial charge in [-0.3, -0.25) is 9.59 Å². The highest BCUT2D eigenvalue weighted by Gasteiger charge is 2.32. The smallest absolute Gasteiger partial charge is 0.312 e. The van der Waals surface area contributed by atoms with E-state index in [0.29, 0.717) is 5.75 Å². The van der Waals surface area contributed by atoms with Crippen molar-refractivity contribution >= 4 is 21.9 Å². The quantitative estimate of drug-likeness (QED) is 0.700. The van der Waals surface area contributed by atoms with Crippen molar-refractivity contribution in [1.82, 2.24) is 9.21 Å². The second-order valence-corrected chi connectivity index (χ2v) is 7.28. The monoisotopic (exact) mass is 372 g/mol. The SMILES string of the molecule is COc1ccc(OC)c(S(=O)(=O)N2CCN(C(=O)CC(=O)O)CC2)c1. The Hall–Kier alpha value is -2.33. The highest BCUT2D eigenvalue weighted by molar-refractivity contribution is 7.89. The van der Waals surface area contributed by atoms with Gasteiger partial charge in [-0.25, -0.2) is 8.42 Å². The van der Waals surface area contributed by atoms with Gasteiger partial charge in [0.1, 0.15) is 22.8 Å². The van der Waals surface area contributed by atoms with Gasteiger partial charge in [-0.1, -0.05) is 0 Å². The van der Waals surface area contributed by atoms with E-state index in [1.165, 1.54) is 35.6 Å². The lowest BCUT2D eigenvalue weighted by Gasteiger charge is -2.34. The van der Waals surface area contributed by atoms with Crippen molar-refractivity contribution in [2.75, 3.05) is 40.4 Å². The molecule has 1 N–H and O–H groups in total. The van der Waals surface area contributed by atoms with E-state index < -0.39 is 28.3 Å². The van der Waals surface area contributed by atoms with E-state index in [4.69, 9.17) is 14.6 Å². The first-order valence-electron chi connectivity index (χ1n) is 7.51. The van der Waals surface area contributed by atoms with E-state index in [1.54, 1.807) is 6.07 Å². The number of hydrogen-bond acceptors (Lipinski definition) is 6. The molecule has 0 aliphatic carbocycles. The summed E-state index contributed by atoms with van der Waals surface area (Å²) in [6.07, 6.45) is -0.601. The normalized spacial score (nSPS) is 15.7. The maximum atomic E-state index is 12.9. The van der Waals surface area contributed by atoms with Crippen molar-refractivity contribution in [3.8, 4) is 11.5 Å². The van der Waals surface area contributed by atoms with Crippen LogP contribution in [0, 0.1) is 0 Å². The van der Waals surface area contributed by atoms with E-state index in [2.05, 4.69) is 0 Å². The third-order valence-electron chi connectivity index (χ3n) is 3.88. The minimum atomic E-state index is -3.84. The Labute approximate surface area is 145 Å². The summed E-state index contributed by atoms with van der Waals surface area (Å²) in [5.41, 5.74) is 0. The van der Waals surface area contributed by atoms with Crippen LogP contribution in [0.4, 0.5) is 0 Å². The molecule has 0 saturated carbocycles. The van der Waals surface area contributed by atoms with Gasteiger partial charge in [0.25, 0.3) is 0 Å². The van der Waals surface area contributed by atoms with Crippen LogP contribution in [-0.2, 0) is 19.6 Å². The molecule has 1 heterocycles. The summed E-state index contributed by atoms with van der Waals surface area (Å²) in [7, 11) is -1.02. The number of piperazine rings is 1. The molecule has 1 saturated heterocycles. The molecule has 10 heteroatoms. The summed E-state index contributed by atoms with van der Waals surface area (Å²) in [4.78, 5) is 23.7. The topological polar surface area (TPSA) is 113 Å². The lowest BCUT2D eigenvalue weighted by molar-refractivity contribution is -0.144. The van der Waals surface area contributed by atoms with Gasteiger partial charge in [0, 0.05) is 32.2 Å². The Bertz CT molecular complexity index is 755. The number of ether oxygens (including phenoxy) is 2. The highest BCUT2D eigenvalue weighted by atomic mass is 32.2. The number of hydrogen-bond donors (Lipinski definition) is 1. The van der Waals surface area contributed by atoms with Crippen molar-refractivity contribution in [1.29, 1.82) is 0 Å². The number of nitrogens with zero attached hydrogens (tertiary/aromatic N) is 2. The van der Waals surface area contributed by atoms with E-state index >= 15 is 0 Å². The molecule has 9 nitrogen and oxygen atoms in total. The van der Waals surface area contributed by atoms with Gasteiger partial charge in [0.2, 0.25) is 15.9 Å². The van der Waals surface area contributed by atoms with Gasteiger partial charge in [-0.05, 0) is 12.1 Å². The summed E-state index contributed by atoms with van der Waals surface area (Å²) in [6.45, 7) is 0.428. The minimum absolute atomic E-state index is 0.0142. The highest BCUT2D eigenvalue weighted by Crippen LogP contribution is 2.31. The number of amides is 1. The molecular formula is C15H20N2O7S. The number of aliphatic carboxylic acids is 1. The first-order chi connectivity index (χ1) is 11.8. The number of carboxylic acids is 1. The van der Waals surface area contributed by atoms with E-state index in [1.807, 2.05) is 0 Å². The molecule has 138 valence electrons. The number of benzene rings is 1. The Kier molecular flexibility index (Phi) is 5.85. The van der Waals surface area contributed by atoms with Crippen molar-refractivity contribution in [3.05, 3.63) is 18.2 Å². The average molecular weight is 372 g/mol. The fourth-order valence-electron chi connectivity index (χ4n) is 2.54. The third kappa shape index (κ3) is 4.20. The van der Waals surface area contributed by atoms with Gasteiger partial charge in [-0.2, -0.15) is 4.31 Å². The summed E-state index contributed by atoms with van der Waals surface area (Å²) in [5, 5.41) is 8.67. The van der Waals surface area contributed by atoms with Crippen molar-refractivity contribution < 1.29 is 32.6 Å². The van der Waals surface area contributed by atoms with Gasteiger partial charge in [0.05, 0.1) is 14.2 Å². The minimum Gasteiger partial charge on any atom is -0.497 e. The van der Waals surface area contributed by atoms with Crippen LogP contribution in [0.3, 0.4) is 0 Å². The lowest BCUT2D eigenvalue weighted by atomic mass is 10.3. The maximum absolute atomic E-state index is 12.9. The Balaban J connectivity index is 2.17. The molecule has 1 aromatic rings. The number of carbonyl (C=O) groups is 2. The Morgan fingerprint density at radius 3 is 2.28 bits per heavy atom. The van der Waals surface area contributed by atoms with Gasteiger partial charge >= 0.3 is 5.97 Å². The van der Waals surface area contributed by atoms with Crippen LogP contribution in [-0.4, -0.2) is 75.0 Å². The molecule has 0 atom stereocenters. The molecule has 0 radical (unpaired) electrons. The molecule has 0 unspecified atom stereocenters. The number of methoxy groups -OCH3 is 2. The standard InChI is InChI=1S/C15H20N2O7S/c1-23-11-3-4-12(24-2)13(9-11)25(21,22)17-7-5-16(6-8-17)14(18)10-15(19)20/h3-4,9H,5-8,10H2,1-2H3,(H,19,20). The number of rotatable bonds is 6. The van der Waals surface area contributed by atoms with Gasteiger partial charge in [0.15, 0.2) is 0 Å². The average Bonchev–Trinajstić information content (AvgIpc) is 2.60. The van der Waals surface area contributed by atoms with E-state index in [9.17, 15) is 18.0 Å². The summed E-state index contributed by atoms with van der Waals surface area (Å²) >= 11 is 0. The Morgan fingerprint density at radius 2 is 1.76 bits per heavy atom. The van der Waals surface area contributed by atoms with Crippen LogP contribution >= 0.6 is 0 Å². The molecular weight excluding hydrogens is 352 g/mol. The zero-order valence-corrected chi connectivity index (χ0v) is 14.8. The summed E-state index contributed by atoms with van der Waals surface area (Å²) in [6, 6.07) is 4.49. The number of carbonyl (C=O) groups excluding carboxylic acids is 1. The van der Waals surface area contributed by atoms with E-state index in [0.717, 1.165) is 0 Å². The molecule has 0 bridgehead atoms. The molecule has 2 rings (SSSR count). The number of sulfonamides is 1. The zero-order chi connectivity index (χ0) is 18.6.